The van der Waals surface area contributed by atoms with Gasteiger partial charge in [-0.1, -0.05) is 0 Å². The molecule has 1 aliphatic carbocycles. The Morgan fingerprint density at radius 1 is 1.07 bits per heavy atom. The minimum Gasteiger partial charge on any atom is -0.493 e. The quantitative estimate of drug-likeness (QED) is 0.602. The van der Waals surface area contributed by atoms with Gasteiger partial charge in [-0.3, -0.25) is 0 Å². The van der Waals surface area contributed by atoms with Gasteiger partial charge in [-0.05, 0) is 60.7 Å². The summed E-state index contributed by atoms with van der Waals surface area (Å²) in [7, 11) is 3.44. The van der Waals surface area contributed by atoms with Crippen molar-refractivity contribution in [2.24, 2.45) is 0 Å². The van der Waals surface area contributed by atoms with Crippen LogP contribution in [0.3, 0.4) is 0 Å². The fourth-order valence-corrected chi connectivity index (χ4v) is 4.19. The smallest absolute Gasteiger partial charge is 0.387 e. The molecule has 1 aliphatic rings. The molecule has 0 spiro atoms. The van der Waals surface area contributed by atoms with E-state index in [1.54, 1.807) is 18.2 Å². The van der Waals surface area contributed by atoms with Crippen LogP contribution in [0.1, 0.15) is 28.7 Å². The standard InChI is InChI=1S/C23H23F2NO4/c1-26(12-14-6-7-19(30-23(24)25)21(8-14)28-2)13-17-11-22(27)29-20-10-16-5-3-4-15(16)9-18(17)20/h6-11,23H,3-5,12-13H2,1-2H3/p+1. The van der Waals surface area contributed by atoms with Crippen molar-refractivity contribution in [3.63, 3.8) is 0 Å². The maximum Gasteiger partial charge on any atom is 0.387 e. The fourth-order valence-electron chi connectivity index (χ4n) is 4.19. The molecular formula is C23H24F2NO4+. The van der Waals surface area contributed by atoms with E-state index in [-0.39, 0.29) is 17.1 Å². The molecule has 0 radical (unpaired) electrons. The average molecular weight is 416 g/mol. The van der Waals surface area contributed by atoms with Gasteiger partial charge in [0.25, 0.3) is 0 Å². The molecule has 1 unspecified atom stereocenters. The molecule has 0 bridgehead atoms. The monoisotopic (exact) mass is 416 g/mol. The third-order valence-corrected chi connectivity index (χ3v) is 5.48. The minimum absolute atomic E-state index is 0.00872. The van der Waals surface area contributed by atoms with Crippen LogP contribution in [-0.4, -0.2) is 20.8 Å². The number of hydrogen-bond donors (Lipinski definition) is 1. The van der Waals surface area contributed by atoms with Gasteiger partial charge in [0.15, 0.2) is 11.5 Å². The first-order chi connectivity index (χ1) is 14.4. The van der Waals surface area contributed by atoms with Gasteiger partial charge in [0.2, 0.25) is 0 Å². The Labute approximate surface area is 172 Å². The summed E-state index contributed by atoms with van der Waals surface area (Å²) in [6, 6.07) is 10.7. The van der Waals surface area contributed by atoms with Crippen LogP contribution in [0.15, 0.2) is 45.6 Å². The minimum atomic E-state index is -2.91. The number of alkyl halides is 2. The van der Waals surface area contributed by atoms with Crippen molar-refractivity contribution in [3.05, 3.63) is 69.1 Å². The highest BCUT2D eigenvalue weighted by Gasteiger charge is 2.18. The lowest BCUT2D eigenvalue weighted by atomic mass is 10.0. The van der Waals surface area contributed by atoms with Crippen molar-refractivity contribution in [2.75, 3.05) is 14.2 Å². The first-order valence-electron chi connectivity index (χ1n) is 9.94. The lowest BCUT2D eigenvalue weighted by molar-refractivity contribution is -0.907. The number of rotatable bonds is 7. The zero-order chi connectivity index (χ0) is 21.3. The summed E-state index contributed by atoms with van der Waals surface area (Å²) in [4.78, 5) is 13.2. The molecule has 30 heavy (non-hydrogen) atoms. The van der Waals surface area contributed by atoms with Crippen molar-refractivity contribution < 1.29 is 27.6 Å². The third kappa shape index (κ3) is 4.31. The van der Waals surface area contributed by atoms with E-state index >= 15 is 0 Å². The average Bonchev–Trinajstić information content (AvgIpc) is 3.14. The molecule has 1 heterocycles. The number of fused-ring (bicyclic) bond motifs is 2. The van der Waals surface area contributed by atoms with Crippen LogP contribution >= 0.6 is 0 Å². The Morgan fingerprint density at radius 2 is 1.83 bits per heavy atom. The zero-order valence-electron chi connectivity index (χ0n) is 17.0. The third-order valence-electron chi connectivity index (χ3n) is 5.48. The number of aryl methyl sites for hydroxylation is 2. The molecule has 158 valence electrons. The summed E-state index contributed by atoms with van der Waals surface area (Å²) in [6.07, 6.45) is 3.21. The number of methoxy groups -OCH3 is 1. The van der Waals surface area contributed by atoms with E-state index in [1.165, 1.54) is 24.3 Å². The molecule has 0 amide bonds. The molecule has 0 saturated carbocycles. The Hall–Kier alpha value is -2.93. The molecule has 1 atom stereocenters. The molecule has 1 N–H and O–H groups in total. The first kappa shape index (κ1) is 20.3. The lowest BCUT2D eigenvalue weighted by Crippen LogP contribution is -3.06. The van der Waals surface area contributed by atoms with Gasteiger partial charge < -0.3 is 18.8 Å². The van der Waals surface area contributed by atoms with Crippen LogP contribution in [0.25, 0.3) is 11.0 Å². The van der Waals surface area contributed by atoms with E-state index in [1.807, 2.05) is 13.1 Å². The van der Waals surface area contributed by atoms with Crippen molar-refractivity contribution in [1.29, 1.82) is 0 Å². The highest BCUT2D eigenvalue weighted by Crippen LogP contribution is 2.30. The lowest BCUT2D eigenvalue weighted by Gasteiger charge is -2.17. The highest BCUT2D eigenvalue weighted by atomic mass is 19.3. The second-order valence-electron chi connectivity index (χ2n) is 7.74. The number of benzene rings is 2. The first-order valence-corrected chi connectivity index (χ1v) is 9.94. The van der Waals surface area contributed by atoms with E-state index in [0.29, 0.717) is 18.7 Å². The van der Waals surface area contributed by atoms with Crippen LogP contribution in [0.5, 0.6) is 11.5 Å². The SMILES string of the molecule is COc1cc(C[NH+](C)Cc2cc(=O)oc3cc4c(cc23)CCC4)ccc1OC(F)F. The normalized spacial score (nSPS) is 14.2. The summed E-state index contributed by atoms with van der Waals surface area (Å²) in [6.45, 7) is -1.66. The van der Waals surface area contributed by atoms with Crippen LogP contribution in [0.2, 0.25) is 0 Å². The number of quaternary nitrogens is 1. The number of ether oxygens (including phenoxy) is 2. The summed E-state index contributed by atoms with van der Waals surface area (Å²) >= 11 is 0. The maximum atomic E-state index is 12.5. The topological polar surface area (TPSA) is 53.1 Å². The van der Waals surface area contributed by atoms with Gasteiger partial charge in [0.05, 0.1) is 14.2 Å². The van der Waals surface area contributed by atoms with Crippen LogP contribution in [-0.2, 0) is 25.9 Å². The highest BCUT2D eigenvalue weighted by molar-refractivity contribution is 5.82. The summed E-state index contributed by atoms with van der Waals surface area (Å²) < 4.78 is 40.1. The van der Waals surface area contributed by atoms with E-state index in [4.69, 9.17) is 9.15 Å². The number of nitrogens with one attached hydrogen (secondary N) is 1. The van der Waals surface area contributed by atoms with Gasteiger partial charge in [-0.15, -0.1) is 0 Å². The van der Waals surface area contributed by atoms with Crippen molar-refractivity contribution in [3.8, 4) is 11.5 Å². The van der Waals surface area contributed by atoms with E-state index in [9.17, 15) is 13.6 Å². The fraction of sp³-hybridized carbons (Fsp3) is 0.348. The van der Waals surface area contributed by atoms with Crippen LogP contribution in [0, 0.1) is 0 Å². The zero-order valence-corrected chi connectivity index (χ0v) is 17.0. The second-order valence-corrected chi connectivity index (χ2v) is 7.74. The molecule has 1 aromatic heterocycles. The van der Waals surface area contributed by atoms with Crippen LogP contribution in [0.4, 0.5) is 8.78 Å². The predicted molar refractivity (Wildman–Crippen MR) is 108 cm³/mol. The van der Waals surface area contributed by atoms with Crippen molar-refractivity contribution >= 4 is 11.0 Å². The van der Waals surface area contributed by atoms with Gasteiger partial charge in [-0.2, -0.15) is 8.78 Å². The second kappa shape index (κ2) is 8.44. The number of hydrogen-bond acceptors (Lipinski definition) is 4. The molecule has 3 aromatic rings. The summed E-state index contributed by atoms with van der Waals surface area (Å²) in [5.41, 5.74) is 4.74. The summed E-state index contributed by atoms with van der Waals surface area (Å²) in [5, 5.41) is 0.980. The Balaban J connectivity index is 1.56. The van der Waals surface area contributed by atoms with Gasteiger partial charge in [0.1, 0.15) is 18.7 Å². The van der Waals surface area contributed by atoms with E-state index < -0.39 is 6.61 Å². The van der Waals surface area contributed by atoms with Crippen molar-refractivity contribution in [2.45, 2.75) is 39.0 Å². The molecule has 7 heteroatoms. The Kier molecular flexibility index (Phi) is 5.72. The Morgan fingerprint density at radius 3 is 2.57 bits per heavy atom. The Bertz CT molecular complexity index is 1130. The largest absolute Gasteiger partial charge is 0.493 e. The summed E-state index contributed by atoms with van der Waals surface area (Å²) in [5.74, 6) is 0.274. The van der Waals surface area contributed by atoms with E-state index in [2.05, 4.69) is 10.8 Å². The molecule has 4 rings (SSSR count). The van der Waals surface area contributed by atoms with Crippen LogP contribution < -0.4 is 20.0 Å². The van der Waals surface area contributed by atoms with E-state index in [0.717, 1.165) is 40.7 Å². The molecule has 0 aliphatic heterocycles. The molecule has 2 aromatic carbocycles. The van der Waals surface area contributed by atoms with Gasteiger partial charge >= 0.3 is 12.2 Å². The van der Waals surface area contributed by atoms with Gasteiger partial charge in [-0.25, -0.2) is 4.79 Å². The molecule has 0 fully saturated rings. The van der Waals surface area contributed by atoms with Crippen molar-refractivity contribution in [1.82, 2.24) is 0 Å². The number of halogens is 2. The predicted octanol–water partition coefficient (Wildman–Crippen LogP) is 3.11. The molecular weight excluding hydrogens is 392 g/mol. The maximum absolute atomic E-state index is 12.5. The van der Waals surface area contributed by atoms with Gasteiger partial charge in [0, 0.05) is 22.6 Å². The molecule has 5 nitrogen and oxygen atoms in total. The molecule has 0 saturated heterocycles.